The van der Waals surface area contributed by atoms with Crippen LogP contribution in [0.2, 0.25) is 5.02 Å². The molecular formula is C19H22ClNO2S. The molecule has 3 nitrogen and oxygen atoms in total. The van der Waals surface area contributed by atoms with Gasteiger partial charge in [0.15, 0.2) is 0 Å². The molecule has 1 aliphatic carbocycles. The molecule has 0 saturated heterocycles. The topological polar surface area (TPSA) is 49.3 Å². The SMILES string of the molecule is CC(O)c1ccc(C2(CNC(=O)c3cccc(Cl)c3)CCCC2)s1. The molecule has 1 saturated carbocycles. The van der Waals surface area contributed by atoms with E-state index in [1.165, 1.54) is 17.7 Å². The zero-order chi connectivity index (χ0) is 17.2. The van der Waals surface area contributed by atoms with E-state index in [0.29, 0.717) is 17.1 Å². The number of aliphatic hydroxyl groups excluding tert-OH is 1. The molecule has 0 spiro atoms. The molecular weight excluding hydrogens is 342 g/mol. The van der Waals surface area contributed by atoms with Crippen molar-refractivity contribution in [1.29, 1.82) is 0 Å². The van der Waals surface area contributed by atoms with Gasteiger partial charge < -0.3 is 10.4 Å². The van der Waals surface area contributed by atoms with Crippen molar-refractivity contribution >= 4 is 28.8 Å². The second-order valence-corrected chi connectivity index (χ2v) is 8.11. The van der Waals surface area contributed by atoms with Gasteiger partial charge in [0, 0.05) is 32.3 Å². The van der Waals surface area contributed by atoms with E-state index < -0.39 is 6.10 Å². The van der Waals surface area contributed by atoms with E-state index in [4.69, 9.17) is 11.6 Å². The lowest BCUT2D eigenvalue weighted by atomic mass is 9.84. The molecule has 128 valence electrons. The maximum atomic E-state index is 12.4. The van der Waals surface area contributed by atoms with Crippen molar-refractivity contribution < 1.29 is 9.90 Å². The van der Waals surface area contributed by atoms with Crippen LogP contribution in [0.25, 0.3) is 0 Å². The van der Waals surface area contributed by atoms with Gasteiger partial charge in [-0.25, -0.2) is 0 Å². The summed E-state index contributed by atoms with van der Waals surface area (Å²) in [6.07, 6.45) is 4.05. The van der Waals surface area contributed by atoms with Crippen molar-refractivity contribution in [3.8, 4) is 0 Å². The minimum Gasteiger partial charge on any atom is -0.388 e. The van der Waals surface area contributed by atoms with Crippen LogP contribution < -0.4 is 5.32 Å². The molecule has 24 heavy (non-hydrogen) atoms. The monoisotopic (exact) mass is 363 g/mol. The van der Waals surface area contributed by atoms with Gasteiger partial charge in [-0.05, 0) is 50.1 Å². The normalized spacial score (nSPS) is 17.6. The summed E-state index contributed by atoms with van der Waals surface area (Å²) in [5, 5.41) is 13.4. The largest absolute Gasteiger partial charge is 0.388 e. The van der Waals surface area contributed by atoms with E-state index >= 15 is 0 Å². The average molecular weight is 364 g/mol. The van der Waals surface area contributed by atoms with Gasteiger partial charge in [-0.1, -0.05) is 30.5 Å². The molecule has 1 aromatic heterocycles. The molecule has 0 aliphatic heterocycles. The molecule has 1 atom stereocenters. The van der Waals surface area contributed by atoms with Crippen molar-refractivity contribution in [2.24, 2.45) is 0 Å². The van der Waals surface area contributed by atoms with Gasteiger partial charge in [0.05, 0.1) is 6.10 Å². The number of benzene rings is 1. The van der Waals surface area contributed by atoms with E-state index in [1.807, 2.05) is 6.07 Å². The number of carbonyl (C=O) groups excluding carboxylic acids is 1. The van der Waals surface area contributed by atoms with Gasteiger partial charge in [0.2, 0.25) is 0 Å². The Hall–Kier alpha value is -1.36. The van der Waals surface area contributed by atoms with Crippen LogP contribution in [0.4, 0.5) is 0 Å². The van der Waals surface area contributed by atoms with Crippen molar-refractivity contribution in [2.45, 2.75) is 44.1 Å². The second-order valence-electron chi connectivity index (χ2n) is 6.56. The Morgan fingerprint density at radius 3 is 2.71 bits per heavy atom. The quantitative estimate of drug-likeness (QED) is 0.809. The molecule has 0 radical (unpaired) electrons. The molecule has 0 bridgehead atoms. The standard InChI is InChI=1S/C19H22ClNO2S/c1-13(22)16-7-8-17(24-16)19(9-2-3-10-19)12-21-18(23)14-5-4-6-15(20)11-14/h4-8,11,13,22H,2-3,9-10,12H2,1H3,(H,21,23). The third-order valence-corrected chi connectivity index (χ3v) is 6.53. The number of hydrogen-bond acceptors (Lipinski definition) is 3. The highest BCUT2D eigenvalue weighted by Crippen LogP contribution is 2.44. The number of rotatable bonds is 5. The number of aliphatic hydroxyl groups is 1. The first-order valence-electron chi connectivity index (χ1n) is 8.32. The van der Waals surface area contributed by atoms with Crippen LogP contribution in [-0.2, 0) is 5.41 Å². The summed E-state index contributed by atoms with van der Waals surface area (Å²) in [5.74, 6) is -0.0870. The first-order chi connectivity index (χ1) is 11.5. The highest BCUT2D eigenvalue weighted by molar-refractivity contribution is 7.12. The third kappa shape index (κ3) is 3.66. The van der Waals surface area contributed by atoms with Gasteiger partial charge >= 0.3 is 0 Å². The van der Waals surface area contributed by atoms with Crippen LogP contribution in [0.15, 0.2) is 36.4 Å². The fourth-order valence-corrected chi connectivity index (χ4v) is 4.79. The average Bonchev–Trinajstić information content (AvgIpc) is 3.22. The molecule has 1 heterocycles. The number of hydrogen-bond donors (Lipinski definition) is 2. The van der Waals surface area contributed by atoms with E-state index in [-0.39, 0.29) is 11.3 Å². The van der Waals surface area contributed by atoms with Crippen molar-refractivity contribution in [3.05, 3.63) is 56.7 Å². The van der Waals surface area contributed by atoms with Crippen molar-refractivity contribution in [1.82, 2.24) is 5.32 Å². The van der Waals surface area contributed by atoms with Crippen LogP contribution in [0, 0.1) is 0 Å². The minimum atomic E-state index is -0.441. The van der Waals surface area contributed by atoms with Gasteiger partial charge in [-0.2, -0.15) is 0 Å². The Morgan fingerprint density at radius 2 is 2.08 bits per heavy atom. The van der Waals surface area contributed by atoms with Crippen LogP contribution in [-0.4, -0.2) is 17.6 Å². The molecule has 1 fully saturated rings. The lowest BCUT2D eigenvalue weighted by Gasteiger charge is -2.28. The molecule has 1 aromatic carbocycles. The second kappa shape index (κ2) is 7.26. The Labute approximate surface area is 151 Å². The number of halogens is 1. The van der Waals surface area contributed by atoms with E-state index in [1.54, 1.807) is 42.5 Å². The van der Waals surface area contributed by atoms with Crippen LogP contribution in [0.3, 0.4) is 0 Å². The smallest absolute Gasteiger partial charge is 0.251 e. The first kappa shape index (κ1) is 17.5. The summed E-state index contributed by atoms with van der Waals surface area (Å²) in [5.41, 5.74) is 0.581. The van der Waals surface area contributed by atoms with E-state index in [0.717, 1.165) is 17.7 Å². The molecule has 2 aromatic rings. The number of nitrogens with one attached hydrogen (secondary N) is 1. The summed E-state index contributed by atoms with van der Waals surface area (Å²) in [6, 6.07) is 11.1. The van der Waals surface area contributed by atoms with Gasteiger partial charge in [-0.3, -0.25) is 4.79 Å². The molecule has 1 unspecified atom stereocenters. The molecule has 5 heteroatoms. The zero-order valence-corrected chi connectivity index (χ0v) is 15.3. The number of amides is 1. The molecule has 2 N–H and O–H groups in total. The zero-order valence-electron chi connectivity index (χ0n) is 13.7. The van der Waals surface area contributed by atoms with Gasteiger partial charge in [0.25, 0.3) is 5.91 Å². The van der Waals surface area contributed by atoms with Crippen molar-refractivity contribution in [2.75, 3.05) is 6.54 Å². The third-order valence-electron chi connectivity index (χ3n) is 4.80. The fraction of sp³-hybridized carbons (Fsp3) is 0.421. The molecule has 3 rings (SSSR count). The van der Waals surface area contributed by atoms with Crippen LogP contribution in [0.1, 0.15) is 58.8 Å². The van der Waals surface area contributed by atoms with Crippen molar-refractivity contribution in [3.63, 3.8) is 0 Å². The summed E-state index contributed by atoms with van der Waals surface area (Å²) in [7, 11) is 0. The summed E-state index contributed by atoms with van der Waals surface area (Å²) >= 11 is 7.63. The predicted octanol–water partition coefficient (Wildman–Crippen LogP) is 4.70. The summed E-state index contributed by atoms with van der Waals surface area (Å²) in [4.78, 5) is 14.7. The Morgan fingerprint density at radius 1 is 1.33 bits per heavy atom. The lowest BCUT2D eigenvalue weighted by molar-refractivity contribution is 0.0943. The minimum absolute atomic E-state index is 0.00790. The summed E-state index contributed by atoms with van der Waals surface area (Å²) in [6.45, 7) is 2.41. The Kier molecular flexibility index (Phi) is 5.28. The van der Waals surface area contributed by atoms with E-state index in [2.05, 4.69) is 11.4 Å². The molecule has 1 aliphatic rings. The predicted molar refractivity (Wildman–Crippen MR) is 98.9 cm³/mol. The number of carbonyl (C=O) groups is 1. The van der Waals surface area contributed by atoms with Gasteiger partial charge in [0.1, 0.15) is 0 Å². The maximum absolute atomic E-state index is 12.4. The fourth-order valence-electron chi connectivity index (χ4n) is 3.41. The summed E-state index contributed by atoms with van der Waals surface area (Å²) < 4.78 is 0. The number of thiophene rings is 1. The van der Waals surface area contributed by atoms with E-state index in [9.17, 15) is 9.90 Å². The van der Waals surface area contributed by atoms with Gasteiger partial charge in [-0.15, -0.1) is 11.3 Å². The highest BCUT2D eigenvalue weighted by atomic mass is 35.5. The molecule has 1 amide bonds. The lowest BCUT2D eigenvalue weighted by Crippen LogP contribution is -2.38. The highest BCUT2D eigenvalue weighted by Gasteiger charge is 2.37. The Bertz CT molecular complexity index is 720. The Balaban J connectivity index is 1.75. The van der Waals surface area contributed by atoms with Crippen LogP contribution >= 0.6 is 22.9 Å². The maximum Gasteiger partial charge on any atom is 0.251 e. The first-order valence-corrected chi connectivity index (χ1v) is 9.52. The van der Waals surface area contributed by atoms with Crippen LogP contribution in [0.5, 0.6) is 0 Å².